The second kappa shape index (κ2) is 8.55. The molecule has 0 unspecified atom stereocenters. The number of ether oxygens (including phenoxy) is 2. The van der Waals surface area contributed by atoms with Gasteiger partial charge >= 0.3 is 0 Å². The zero-order valence-electron chi connectivity index (χ0n) is 14.6. The summed E-state index contributed by atoms with van der Waals surface area (Å²) in [7, 11) is 3.23. The molecular weight excluding hydrogens is 320 g/mol. The first-order chi connectivity index (χ1) is 11.6. The second-order valence-corrected chi connectivity index (χ2v) is 5.95. The molecule has 0 amide bonds. The third-order valence-corrected chi connectivity index (χ3v) is 4.05. The normalized spacial score (nSPS) is 11.5. The van der Waals surface area contributed by atoms with Gasteiger partial charge in [0, 0.05) is 11.8 Å². The summed E-state index contributed by atoms with van der Waals surface area (Å²) >= 11 is 5.45. The fourth-order valence-corrected chi connectivity index (χ4v) is 2.72. The zero-order valence-corrected chi connectivity index (χ0v) is 15.4. The topological polar surface area (TPSA) is 42.5 Å². The van der Waals surface area contributed by atoms with Crippen LogP contribution in [0.5, 0.6) is 11.5 Å². The third kappa shape index (κ3) is 4.61. The van der Waals surface area contributed by atoms with Gasteiger partial charge in [0.2, 0.25) is 0 Å². The third-order valence-electron chi connectivity index (χ3n) is 3.83. The van der Waals surface area contributed by atoms with Crippen molar-refractivity contribution in [2.24, 2.45) is 0 Å². The van der Waals surface area contributed by atoms with Crippen LogP contribution in [0, 0.1) is 6.92 Å². The molecule has 0 aromatic heterocycles. The highest BCUT2D eigenvalue weighted by Gasteiger charge is 2.11. The van der Waals surface area contributed by atoms with E-state index in [9.17, 15) is 0 Å². The van der Waals surface area contributed by atoms with Crippen molar-refractivity contribution >= 4 is 23.0 Å². The van der Waals surface area contributed by atoms with E-state index in [1.165, 1.54) is 11.1 Å². The summed E-state index contributed by atoms with van der Waals surface area (Å²) in [5.41, 5.74) is 3.32. The van der Waals surface area contributed by atoms with Crippen LogP contribution in [0.4, 0.5) is 5.69 Å². The molecule has 2 rings (SSSR count). The summed E-state index contributed by atoms with van der Waals surface area (Å²) in [5.74, 6) is 1.35. The lowest BCUT2D eigenvalue weighted by Gasteiger charge is -2.20. The van der Waals surface area contributed by atoms with E-state index in [1.54, 1.807) is 14.2 Å². The van der Waals surface area contributed by atoms with E-state index in [1.807, 2.05) is 18.2 Å². The van der Waals surface area contributed by atoms with Crippen molar-refractivity contribution in [2.75, 3.05) is 19.5 Å². The molecule has 0 heterocycles. The molecular formula is C19H24N2O2S. The van der Waals surface area contributed by atoms with Crippen LogP contribution in [-0.4, -0.2) is 19.3 Å². The lowest BCUT2D eigenvalue weighted by atomic mass is 10.0. The molecule has 2 aromatic rings. The van der Waals surface area contributed by atoms with Gasteiger partial charge < -0.3 is 20.1 Å². The molecule has 2 aromatic carbocycles. The summed E-state index contributed by atoms with van der Waals surface area (Å²) in [4.78, 5) is 0. The molecule has 2 N–H and O–H groups in total. The summed E-state index contributed by atoms with van der Waals surface area (Å²) < 4.78 is 10.6. The van der Waals surface area contributed by atoms with Crippen LogP contribution in [0.15, 0.2) is 42.5 Å². The first-order valence-corrected chi connectivity index (χ1v) is 8.34. The van der Waals surface area contributed by atoms with Gasteiger partial charge in [-0.3, -0.25) is 0 Å². The van der Waals surface area contributed by atoms with Gasteiger partial charge in [-0.15, -0.1) is 0 Å². The molecule has 0 fully saturated rings. The highest BCUT2D eigenvalue weighted by Crippen LogP contribution is 2.29. The van der Waals surface area contributed by atoms with Gasteiger partial charge in [-0.25, -0.2) is 0 Å². The second-order valence-electron chi connectivity index (χ2n) is 5.54. The van der Waals surface area contributed by atoms with Gasteiger partial charge in [-0.2, -0.15) is 0 Å². The van der Waals surface area contributed by atoms with Gasteiger partial charge in [0.25, 0.3) is 0 Å². The number of thiocarbonyl (C=S) groups is 1. The van der Waals surface area contributed by atoms with E-state index in [0.717, 1.165) is 12.1 Å². The maximum absolute atomic E-state index is 5.45. The van der Waals surface area contributed by atoms with Crippen LogP contribution in [0.25, 0.3) is 0 Å². The predicted molar refractivity (Wildman–Crippen MR) is 103 cm³/mol. The molecule has 0 saturated heterocycles. The number of hydrogen-bond acceptors (Lipinski definition) is 3. The van der Waals surface area contributed by atoms with Crippen molar-refractivity contribution in [3.8, 4) is 11.5 Å². The van der Waals surface area contributed by atoms with Crippen molar-refractivity contribution in [1.29, 1.82) is 0 Å². The summed E-state index contributed by atoms with van der Waals surface area (Å²) in [5, 5.41) is 7.14. The molecule has 1 atom stereocenters. The van der Waals surface area contributed by atoms with Gasteiger partial charge in [0.15, 0.2) is 16.6 Å². The van der Waals surface area contributed by atoms with Crippen molar-refractivity contribution in [1.82, 2.24) is 5.32 Å². The minimum atomic E-state index is 0.172. The number of aryl methyl sites for hydroxylation is 1. The number of rotatable bonds is 6. The Hall–Kier alpha value is -2.27. The Balaban J connectivity index is 2.05. The maximum Gasteiger partial charge on any atom is 0.171 e. The number of hydrogen-bond donors (Lipinski definition) is 2. The fraction of sp³-hybridized carbons (Fsp3) is 0.316. The molecule has 4 nitrogen and oxygen atoms in total. The highest BCUT2D eigenvalue weighted by atomic mass is 32.1. The van der Waals surface area contributed by atoms with E-state index < -0.39 is 0 Å². The summed E-state index contributed by atoms with van der Waals surface area (Å²) in [6.07, 6.45) is 0.941. The van der Waals surface area contributed by atoms with Gasteiger partial charge in [-0.05, 0) is 43.3 Å². The molecule has 0 saturated carbocycles. The predicted octanol–water partition coefficient (Wildman–Crippen LogP) is 4.45. The van der Waals surface area contributed by atoms with Crippen LogP contribution in [0.1, 0.15) is 30.5 Å². The smallest absolute Gasteiger partial charge is 0.171 e. The average Bonchev–Trinajstić information content (AvgIpc) is 2.60. The number of nitrogens with one attached hydrogen (secondary N) is 2. The molecule has 0 aliphatic heterocycles. The number of benzene rings is 2. The maximum atomic E-state index is 5.45. The van der Waals surface area contributed by atoms with Crippen molar-refractivity contribution in [3.63, 3.8) is 0 Å². The summed E-state index contributed by atoms with van der Waals surface area (Å²) in [6.45, 7) is 4.22. The van der Waals surface area contributed by atoms with Crippen molar-refractivity contribution < 1.29 is 9.47 Å². The first-order valence-electron chi connectivity index (χ1n) is 7.93. The van der Waals surface area contributed by atoms with Crippen LogP contribution in [0.3, 0.4) is 0 Å². The average molecular weight is 344 g/mol. The minimum Gasteiger partial charge on any atom is -0.493 e. The van der Waals surface area contributed by atoms with Gasteiger partial charge in [0.1, 0.15) is 0 Å². The molecule has 0 bridgehead atoms. The van der Waals surface area contributed by atoms with Gasteiger partial charge in [0.05, 0.1) is 20.3 Å². The number of methoxy groups -OCH3 is 2. The fourth-order valence-electron chi connectivity index (χ4n) is 2.46. The molecule has 5 heteroatoms. The molecule has 0 aliphatic rings. The first kappa shape index (κ1) is 18.1. The summed E-state index contributed by atoms with van der Waals surface area (Å²) in [6, 6.07) is 14.3. The van der Waals surface area contributed by atoms with Crippen LogP contribution < -0.4 is 20.1 Å². The number of anilines is 1. The molecule has 128 valence electrons. The Kier molecular flexibility index (Phi) is 6.44. The Morgan fingerprint density at radius 1 is 1.04 bits per heavy atom. The van der Waals surface area contributed by atoms with Gasteiger partial charge in [-0.1, -0.05) is 36.8 Å². The lowest BCUT2D eigenvalue weighted by molar-refractivity contribution is 0.355. The van der Waals surface area contributed by atoms with E-state index in [-0.39, 0.29) is 6.04 Å². The minimum absolute atomic E-state index is 0.172. The van der Waals surface area contributed by atoms with E-state index in [0.29, 0.717) is 16.6 Å². The van der Waals surface area contributed by atoms with Crippen molar-refractivity contribution in [3.05, 3.63) is 53.6 Å². The lowest BCUT2D eigenvalue weighted by Crippen LogP contribution is -2.32. The standard InChI is InChI=1S/C19H24N2O2S/c1-5-16(14-8-6-13(2)7-9-14)21-19(24)20-15-10-11-17(22-3)18(12-15)23-4/h6-12,16H,5H2,1-4H3,(H2,20,21,24)/t16-/m0/s1. The molecule has 0 radical (unpaired) electrons. The van der Waals surface area contributed by atoms with Crippen molar-refractivity contribution in [2.45, 2.75) is 26.3 Å². The van der Waals surface area contributed by atoms with E-state index in [4.69, 9.17) is 21.7 Å². The van der Waals surface area contributed by atoms with Crippen LogP contribution >= 0.6 is 12.2 Å². The quantitative estimate of drug-likeness (QED) is 0.758. The Labute approximate surface area is 149 Å². The van der Waals surface area contributed by atoms with Crippen LogP contribution in [-0.2, 0) is 0 Å². The Morgan fingerprint density at radius 2 is 1.71 bits per heavy atom. The largest absolute Gasteiger partial charge is 0.493 e. The molecule has 24 heavy (non-hydrogen) atoms. The van der Waals surface area contributed by atoms with E-state index >= 15 is 0 Å². The highest BCUT2D eigenvalue weighted by molar-refractivity contribution is 7.80. The molecule has 0 aliphatic carbocycles. The monoisotopic (exact) mass is 344 g/mol. The Morgan fingerprint density at radius 3 is 2.29 bits per heavy atom. The molecule has 0 spiro atoms. The van der Waals surface area contributed by atoms with Crippen LogP contribution in [0.2, 0.25) is 0 Å². The zero-order chi connectivity index (χ0) is 17.5. The Bertz CT molecular complexity index is 686. The SMILES string of the molecule is CC[C@H](NC(=S)Nc1ccc(OC)c(OC)c1)c1ccc(C)cc1. The van der Waals surface area contributed by atoms with E-state index in [2.05, 4.69) is 48.7 Å².